The van der Waals surface area contributed by atoms with Gasteiger partial charge in [0.2, 0.25) is 0 Å². The van der Waals surface area contributed by atoms with Gasteiger partial charge in [0.1, 0.15) is 10.8 Å². The van der Waals surface area contributed by atoms with Gasteiger partial charge in [-0.1, -0.05) is 29.6 Å². The van der Waals surface area contributed by atoms with Gasteiger partial charge < -0.3 is 10.3 Å². The van der Waals surface area contributed by atoms with E-state index in [9.17, 15) is 9.18 Å². The maximum absolute atomic E-state index is 13.1. The Labute approximate surface area is 106 Å². The molecule has 0 spiro atoms. The van der Waals surface area contributed by atoms with Crippen LogP contribution in [0.15, 0.2) is 34.6 Å². The fourth-order valence-corrected chi connectivity index (χ4v) is 2.28. The summed E-state index contributed by atoms with van der Waals surface area (Å²) >= 11 is 5.97. The van der Waals surface area contributed by atoms with E-state index in [4.69, 9.17) is 18.0 Å². The molecule has 0 saturated heterocycles. The number of thiocarbonyl (C=S) groups is 1. The highest BCUT2D eigenvalue weighted by molar-refractivity contribution is 7.80. The van der Waals surface area contributed by atoms with Crippen molar-refractivity contribution in [3.63, 3.8) is 0 Å². The number of rotatable bonds is 3. The summed E-state index contributed by atoms with van der Waals surface area (Å²) in [6, 6.07) is 4.21. The van der Waals surface area contributed by atoms with Gasteiger partial charge in [0.15, 0.2) is 0 Å². The monoisotopic (exact) mass is 268 g/mol. The Morgan fingerprint density at radius 2 is 2.29 bits per heavy atom. The average Bonchev–Trinajstić information content (AvgIpc) is 2.67. The number of halogens is 1. The zero-order valence-corrected chi connectivity index (χ0v) is 10.4. The lowest BCUT2D eigenvalue weighted by molar-refractivity contribution is 0.625. The first-order valence-electron chi connectivity index (χ1n) is 4.80. The van der Waals surface area contributed by atoms with Crippen molar-refractivity contribution in [2.75, 3.05) is 0 Å². The highest BCUT2D eigenvalue weighted by Crippen LogP contribution is 2.12. The van der Waals surface area contributed by atoms with E-state index in [0.717, 1.165) is 16.9 Å². The molecule has 6 heteroatoms. The number of benzene rings is 1. The van der Waals surface area contributed by atoms with E-state index in [1.54, 1.807) is 17.6 Å². The van der Waals surface area contributed by atoms with E-state index in [0.29, 0.717) is 12.1 Å². The third kappa shape index (κ3) is 2.59. The van der Waals surface area contributed by atoms with Gasteiger partial charge in [-0.15, -0.1) is 0 Å². The fourth-order valence-electron chi connectivity index (χ4n) is 1.51. The molecule has 1 heterocycles. The standard InChI is InChI=1S/C11H9FN2OS2/c12-8-2-1-7(9(5-8)10(13)16)6-14-3-4-17-11(14)15/h1-5H,6H2,(H2,13,16). The van der Waals surface area contributed by atoms with Crippen LogP contribution in [-0.2, 0) is 6.54 Å². The van der Waals surface area contributed by atoms with Crippen molar-refractivity contribution in [1.82, 2.24) is 4.57 Å². The first-order chi connectivity index (χ1) is 8.08. The van der Waals surface area contributed by atoms with Crippen molar-refractivity contribution in [1.29, 1.82) is 0 Å². The van der Waals surface area contributed by atoms with Gasteiger partial charge in [0.05, 0.1) is 6.54 Å². The second-order valence-electron chi connectivity index (χ2n) is 3.46. The minimum atomic E-state index is -0.394. The lowest BCUT2D eigenvalue weighted by Crippen LogP contribution is -2.18. The van der Waals surface area contributed by atoms with Gasteiger partial charge in [-0.3, -0.25) is 4.79 Å². The van der Waals surface area contributed by atoms with Crippen LogP contribution in [-0.4, -0.2) is 9.56 Å². The first kappa shape index (κ1) is 11.9. The molecule has 2 aromatic rings. The Kier molecular flexibility index (Phi) is 3.35. The third-order valence-corrected chi connectivity index (χ3v) is 3.24. The van der Waals surface area contributed by atoms with E-state index < -0.39 is 5.82 Å². The molecule has 3 nitrogen and oxygen atoms in total. The number of hydrogen-bond acceptors (Lipinski definition) is 3. The maximum Gasteiger partial charge on any atom is 0.307 e. The average molecular weight is 268 g/mol. The predicted octanol–water partition coefficient (Wildman–Crippen LogP) is 1.73. The number of nitrogens with two attached hydrogens (primary N) is 1. The van der Waals surface area contributed by atoms with Crippen molar-refractivity contribution in [3.05, 3.63) is 56.4 Å². The molecule has 2 rings (SSSR count). The van der Waals surface area contributed by atoms with Gasteiger partial charge in [0.25, 0.3) is 0 Å². The van der Waals surface area contributed by atoms with E-state index in [-0.39, 0.29) is 9.86 Å². The van der Waals surface area contributed by atoms with Gasteiger partial charge in [-0.2, -0.15) is 0 Å². The summed E-state index contributed by atoms with van der Waals surface area (Å²) in [5.41, 5.74) is 6.74. The van der Waals surface area contributed by atoms with E-state index in [2.05, 4.69) is 0 Å². The topological polar surface area (TPSA) is 48.0 Å². The molecule has 0 atom stereocenters. The van der Waals surface area contributed by atoms with Crippen molar-refractivity contribution in [3.8, 4) is 0 Å². The summed E-state index contributed by atoms with van der Waals surface area (Å²) in [6.45, 7) is 0.343. The molecule has 88 valence electrons. The van der Waals surface area contributed by atoms with E-state index >= 15 is 0 Å². The quantitative estimate of drug-likeness (QED) is 0.862. The minimum Gasteiger partial charge on any atom is -0.389 e. The van der Waals surface area contributed by atoms with Crippen LogP contribution in [0.25, 0.3) is 0 Å². The molecule has 0 aliphatic heterocycles. The first-order valence-corrected chi connectivity index (χ1v) is 6.09. The molecule has 17 heavy (non-hydrogen) atoms. The van der Waals surface area contributed by atoms with Gasteiger partial charge in [0, 0.05) is 17.1 Å². The maximum atomic E-state index is 13.1. The number of aromatic nitrogens is 1. The van der Waals surface area contributed by atoms with Crippen LogP contribution in [0.5, 0.6) is 0 Å². The fraction of sp³-hybridized carbons (Fsp3) is 0.0909. The molecule has 0 aliphatic rings. The Morgan fingerprint density at radius 1 is 1.53 bits per heavy atom. The van der Waals surface area contributed by atoms with E-state index in [1.807, 2.05) is 0 Å². The summed E-state index contributed by atoms with van der Waals surface area (Å²) in [5.74, 6) is -0.394. The van der Waals surface area contributed by atoms with Crippen molar-refractivity contribution in [2.24, 2.45) is 5.73 Å². The molecule has 1 aromatic heterocycles. The van der Waals surface area contributed by atoms with Crippen LogP contribution in [0.2, 0.25) is 0 Å². The third-order valence-electron chi connectivity index (χ3n) is 2.32. The molecule has 0 radical (unpaired) electrons. The second kappa shape index (κ2) is 4.77. The lowest BCUT2D eigenvalue weighted by atomic mass is 10.1. The van der Waals surface area contributed by atoms with Gasteiger partial charge in [-0.25, -0.2) is 4.39 Å². The minimum absolute atomic E-state index is 0.0665. The Hall–Kier alpha value is -1.53. The molecule has 0 amide bonds. The van der Waals surface area contributed by atoms with Gasteiger partial charge in [-0.05, 0) is 17.7 Å². The summed E-state index contributed by atoms with van der Waals surface area (Å²) in [7, 11) is 0. The Bertz CT molecular complexity index is 618. The molecular formula is C11H9FN2OS2. The molecule has 0 fully saturated rings. The van der Waals surface area contributed by atoms with Crippen LogP contribution in [0.4, 0.5) is 4.39 Å². The lowest BCUT2D eigenvalue weighted by Gasteiger charge is -2.08. The molecule has 0 aliphatic carbocycles. The molecule has 0 bridgehead atoms. The van der Waals surface area contributed by atoms with Crippen molar-refractivity contribution in [2.45, 2.75) is 6.54 Å². The Balaban J connectivity index is 2.42. The van der Waals surface area contributed by atoms with Crippen LogP contribution >= 0.6 is 23.6 Å². The molecular weight excluding hydrogens is 259 g/mol. The van der Waals surface area contributed by atoms with Crippen LogP contribution in [0.1, 0.15) is 11.1 Å². The summed E-state index contributed by atoms with van der Waals surface area (Å²) in [6.07, 6.45) is 1.68. The highest BCUT2D eigenvalue weighted by atomic mass is 32.1. The van der Waals surface area contributed by atoms with Crippen LogP contribution in [0.3, 0.4) is 0 Å². The molecule has 1 aromatic carbocycles. The largest absolute Gasteiger partial charge is 0.389 e. The van der Waals surface area contributed by atoms with Gasteiger partial charge >= 0.3 is 4.87 Å². The zero-order chi connectivity index (χ0) is 12.4. The number of hydrogen-bond donors (Lipinski definition) is 1. The second-order valence-corrected chi connectivity index (χ2v) is 4.76. The van der Waals surface area contributed by atoms with Crippen molar-refractivity contribution >= 4 is 28.5 Å². The van der Waals surface area contributed by atoms with Crippen LogP contribution < -0.4 is 10.6 Å². The van der Waals surface area contributed by atoms with E-state index in [1.165, 1.54) is 16.7 Å². The molecule has 0 unspecified atom stereocenters. The molecule has 0 saturated carbocycles. The highest BCUT2D eigenvalue weighted by Gasteiger charge is 2.08. The summed E-state index contributed by atoms with van der Waals surface area (Å²) in [4.78, 5) is 11.5. The summed E-state index contributed by atoms with van der Waals surface area (Å²) < 4.78 is 14.6. The SMILES string of the molecule is NC(=S)c1cc(F)ccc1Cn1ccsc1=O. The molecule has 2 N–H and O–H groups in total. The smallest absolute Gasteiger partial charge is 0.307 e. The summed E-state index contributed by atoms with van der Waals surface area (Å²) in [5, 5.41) is 1.70. The number of nitrogens with zero attached hydrogens (tertiary/aromatic N) is 1. The van der Waals surface area contributed by atoms with Crippen LogP contribution in [0, 0.1) is 5.82 Å². The number of thiazole rings is 1. The normalized spacial score (nSPS) is 10.4. The Morgan fingerprint density at radius 3 is 2.88 bits per heavy atom. The van der Waals surface area contributed by atoms with Crippen molar-refractivity contribution < 1.29 is 4.39 Å². The predicted molar refractivity (Wildman–Crippen MR) is 70.0 cm³/mol. The zero-order valence-electron chi connectivity index (χ0n) is 8.72.